The number of nitrogens with zero attached hydrogens (tertiary/aromatic N) is 6. The third kappa shape index (κ3) is 3.55. The molecule has 0 radical (unpaired) electrons. The van der Waals surface area contributed by atoms with Crippen molar-refractivity contribution in [3.8, 4) is 0 Å². The number of hydrogen-bond donors (Lipinski definition) is 0. The van der Waals surface area contributed by atoms with E-state index in [9.17, 15) is 4.79 Å². The maximum atomic E-state index is 12.8. The predicted molar refractivity (Wildman–Crippen MR) is 104 cm³/mol. The highest BCUT2D eigenvalue weighted by atomic mass is 16.1. The summed E-state index contributed by atoms with van der Waals surface area (Å²) in [5.41, 5.74) is 0.0673. The summed E-state index contributed by atoms with van der Waals surface area (Å²) in [7, 11) is 0. The number of rotatable bonds is 6. The minimum atomic E-state index is 0.0673. The van der Waals surface area contributed by atoms with Crippen LogP contribution in [0.5, 0.6) is 0 Å². The first-order valence-electron chi connectivity index (χ1n) is 10.1. The summed E-state index contributed by atoms with van der Waals surface area (Å²) >= 11 is 0. The monoisotopic (exact) mass is 366 g/mol. The lowest BCUT2D eigenvalue weighted by molar-refractivity contribution is 0.455. The Morgan fingerprint density at radius 3 is 2.44 bits per heavy atom. The van der Waals surface area contributed by atoms with E-state index in [2.05, 4.69) is 24.8 Å². The van der Waals surface area contributed by atoms with Crippen LogP contribution in [0.2, 0.25) is 0 Å². The van der Waals surface area contributed by atoms with Crippen molar-refractivity contribution in [1.29, 1.82) is 0 Å². The molecule has 3 aliphatic rings. The van der Waals surface area contributed by atoms with Gasteiger partial charge in [-0.3, -0.25) is 4.79 Å². The van der Waals surface area contributed by atoms with Gasteiger partial charge in [-0.15, -0.1) is 0 Å². The number of piperidine rings is 1. The second-order valence-corrected chi connectivity index (χ2v) is 8.08. The predicted octanol–water partition coefficient (Wildman–Crippen LogP) is 2.08. The summed E-state index contributed by atoms with van der Waals surface area (Å²) in [6.45, 7) is 2.58. The highest BCUT2D eigenvalue weighted by Crippen LogP contribution is 2.35. The average Bonchev–Trinajstić information content (AvgIpc) is 3.61. The summed E-state index contributed by atoms with van der Waals surface area (Å²) in [5, 5.41) is 0. The van der Waals surface area contributed by atoms with E-state index >= 15 is 0 Å². The topological polar surface area (TPSA) is 67.2 Å². The fraction of sp³-hybridized carbons (Fsp3) is 0.600. The van der Waals surface area contributed by atoms with Crippen molar-refractivity contribution in [2.75, 3.05) is 22.9 Å². The SMILES string of the molecule is O=c1c(N2CCC(N(c3ccncn3)C3CC3)CC2)nccn1CC1CC1. The van der Waals surface area contributed by atoms with Crippen molar-refractivity contribution < 1.29 is 0 Å². The van der Waals surface area contributed by atoms with E-state index in [-0.39, 0.29) is 5.56 Å². The molecule has 142 valence electrons. The van der Waals surface area contributed by atoms with Gasteiger partial charge in [-0.25, -0.2) is 15.0 Å². The Morgan fingerprint density at radius 2 is 1.78 bits per heavy atom. The molecule has 2 aliphatic carbocycles. The van der Waals surface area contributed by atoms with Crippen LogP contribution in [0.4, 0.5) is 11.6 Å². The van der Waals surface area contributed by atoms with E-state index in [1.807, 2.05) is 23.0 Å². The Hall–Kier alpha value is -2.44. The number of hydrogen-bond acceptors (Lipinski definition) is 6. The largest absolute Gasteiger partial charge is 0.352 e. The zero-order valence-electron chi connectivity index (χ0n) is 15.6. The highest BCUT2D eigenvalue weighted by Gasteiger charge is 2.36. The van der Waals surface area contributed by atoms with Gasteiger partial charge in [0, 0.05) is 50.3 Å². The Bertz CT molecular complexity index is 837. The molecule has 0 amide bonds. The molecule has 1 saturated heterocycles. The summed E-state index contributed by atoms with van der Waals surface area (Å²) in [6, 6.07) is 3.10. The van der Waals surface area contributed by atoms with Gasteiger partial charge in [0.25, 0.3) is 5.56 Å². The molecule has 0 atom stereocenters. The second kappa shape index (κ2) is 6.94. The smallest absolute Gasteiger partial charge is 0.293 e. The molecular weight excluding hydrogens is 340 g/mol. The molecule has 0 unspecified atom stereocenters. The quantitative estimate of drug-likeness (QED) is 0.780. The first kappa shape index (κ1) is 16.7. The molecule has 5 rings (SSSR count). The van der Waals surface area contributed by atoms with Gasteiger partial charge in [0.1, 0.15) is 12.1 Å². The van der Waals surface area contributed by atoms with Crippen molar-refractivity contribution in [1.82, 2.24) is 19.5 Å². The lowest BCUT2D eigenvalue weighted by Gasteiger charge is -2.39. The molecule has 2 aromatic rings. The van der Waals surface area contributed by atoms with Gasteiger partial charge >= 0.3 is 0 Å². The van der Waals surface area contributed by atoms with Gasteiger partial charge in [-0.2, -0.15) is 0 Å². The van der Waals surface area contributed by atoms with Crippen molar-refractivity contribution in [3.63, 3.8) is 0 Å². The molecule has 0 bridgehead atoms. The van der Waals surface area contributed by atoms with Gasteiger partial charge in [0.2, 0.25) is 0 Å². The lowest BCUT2D eigenvalue weighted by Crippen LogP contribution is -2.48. The molecule has 0 N–H and O–H groups in total. The van der Waals surface area contributed by atoms with E-state index in [1.54, 1.807) is 12.5 Å². The number of anilines is 2. The van der Waals surface area contributed by atoms with Crippen LogP contribution in [0.15, 0.2) is 35.8 Å². The molecule has 7 heteroatoms. The van der Waals surface area contributed by atoms with E-state index in [0.29, 0.717) is 23.8 Å². The van der Waals surface area contributed by atoms with E-state index < -0.39 is 0 Å². The maximum absolute atomic E-state index is 12.8. The molecule has 2 aromatic heterocycles. The maximum Gasteiger partial charge on any atom is 0.293 e. The molecular formula is C20H26N6O. The van der Waals surface area contributed by atoms with Gasteiger partial charge in [-0.1, -0.05) is 0 Å². The van der Waals surface area contributed by atoms with Crippen LogP contribution >= 0.6 is 0 Å². The lowest BCUT2D eigenvalue weighted by atomic mass is 10.0. The fourth-order valence-electron chi connectivity index (χ4n) is 4.19. The minimum absolute atomic E-state index is 0.0673. The van der Waals surface area contributed by atoms with Crippen LogP contribution in [0, 0.1) is 5.92 Å². The van der Waals surface area contributed by atoms with Gasteiger partial charge in [0.15, 0.2) is 5.82 Å². The third-order valence-corrected chi connectivity index (χ3v) is 5.98. The Labute approximate surface area is 159 Å². The van der Waals surface area contributed by atoms with Crippen LogP contribution in [0.1, 0.15) is 38.5 Å². The van der Waals surface area contributed by atoms with Crippen molar-refractivity contribution in [3.05, 3.63) is 41.3 Å². The fourth-order valence-corrected chi connectivity index (χ4v) is 4.19. The highest BCUT2D eigenvalue weighted by molar-refractivity contribution is 5.43. The molecule has 2 saturated carbocycles. The van der Waals surface area contributed by atoms with E-state index in [1.165, 1.54) is 25.7 Å². The molecule has 0 spiro atoms. The first-order valence-corrected chi connectivity index (χ1v) is 10.1. The normalized spacial score (nSPS) is 20.7. The van der Waals surface area contributed by atoms with Gasteiger partial charge < -0.3 is 14.4 Å². The van der Waals surface area contributed by atoms with Gasteiger partial charge in [0.05, 0.1) is 0 Å². The van der Waals surface area contributed by atoms with Crippen molar-refractivity contribution in [2.45, 2.75) is 57.2 Å². The molecule has 1 aliphatic heterocycles. The Morgan fingerprint density at radius 1 is 1.00 bits per heavy atom. The zero-order valence-corrected chi connectivity index (χ0v) is 15.6. The minimum Gasteiger partial charge on any atom is -0.352 e. The van der Waals surface area contributed by atoms with Gasteiger partial charge in [-0.05, 0) is 50.5 Å². The molecule has 3 fully saturated rings. The van der Waals surface area contributed by atoms with Crippen LogP contribution < -0.4 is 15.4 Å². The van der Waals surface area contributed by atoms with Crippen LogP contribution in [0.25, 0.3) is 0 Å². The standard InChI is InChI=1S/C20H26N6O/c27-20-19(22-9-12-25(20)13-15-1-2-15)24-10-6-17(7-11-24)26(16-3-4-16)18-5-8-21-14-23-18/h5,8-9,12,14-17H,1-4,6-7,10-11,13H2. The molecule has 0 aromatic carbocycles. The zero-order chi connectivity index (χ0) is 18.2. The number of aromatic nitrogens is 4. The average molecular weight is 366 g/mol. The summed E-state index contributed by atoms with van der Waals surface area (Å²) in [6.07, 6.45) is 14.1. The molecule has 7 nitrogen and oxygen atoms in total. The molecule has 3 heterocycles. The third-order valence-electron chi connectivity index (χ3n) is 5.98. The van der Waals surface area contributed by atoms with Crippen LogP contribution in [-0.2, 0) is 6.54 Å². The van der Waals surface area contributed by atoms with E-state index in [4.69, 9.17) is 0 Å². The summed E-state index contributed by atoms with van der Waals surface area (Å²) in [4.78, 5) is 30.4. The summed E-state index contributed by atoms with van der Waals surface area (Å²) < 4.78 is 1.85. The molecule has 27 heavy (non-hydrogen) atoms. The Balaban J connectivity index is 1.29. The van der Waals surface area contributed by atoms with Crippen molar-refractivity contribution in [2.24, 2.45) is 5.92 Å². The second-order valence-electron chi connectivity index (χ2n) is 8.08. The van der Waals surface area contributed by atoms with Crippen LogP contribution in [-0.4, -0.2) is 44.7 Å². The van der Waals surface area contributed by atoms with Crippen LogP contribution in [0.3, 0.4) is 0 Å². The van der Waals surface area contributed by atoms with E-state index in [0.717, 1.165) is 38.3 Å². The Kier molecular flexibility index (Phi) is 4.30. The summed E-state index contributed by atoms with van der Waals surface area (Å²) in [5.74, 6) is 2.34. The van der Waals surface area contributed by atoms with Crippen molar-refractivity contribution >= 4 is 11.6 Å². The first-order chi connectivity index (χ1) is 13.3.